The van der Waals surface area contributed by atoms with E-state index in [1.54, 1.807) is 6.07 Å². The molecule has 17 heteroatoms. The maximum absolute atomic E-state index is 15.0. The lowest BCUT2D eigenvalue weighted by Crippen LogP contribution is -2.29. The number of carboxylic acid groups (broad SMARTS) is 1. The van der Waals surface area contributed by atoms with Crippen LogP contribution in [0.1, 0.15) is 36.8 Å². The molecule has 43 heavy (non-hydrogen) atoms. The molecule has 0 spiro atoms. The lowest BCUT2D eigenvalue weighted by molar-refractivity contribution is -0.192. The minimum absolute atomic E-state index is 0.00878. The number of carbonyl (C=O) groups is 1. The van der Waals surface area contributed by atoms with Crippen LogP contribution in [0.5, 0.6) is 5.75 Å². The molecular formula is C26H26F6N4O5S2. The number of alkyl halides is 3. The third-order valence-electron chi connectivity index (χ3n) is 7.20. The van der Waals surface area contributed by atoms with E-state index in [0.29, 0.717) is 35.5 Å². The summed E-state index contributed by atoms with van der Waals surface area (Å²) < 4.78 is 109. The lowest BCUT2D eigenvalue weighted by atomic mass is 10.0. The summed E-state index contributed by atoms with van der Waals surface area (Å²) in [6, 6.07) is 5.85. The molecule has 0 atom stereocenters. The number of nitrogens with zero attached hydrogens (tertiary/aromatic N) is 2. The molecule has 2 bridgehead atoms. The van der Waals surface area contributed by atoms with Gasteiger partial charge in [-0.2, -0.15) is 13.2 Å². The second-order valence-electron chi connectivity index (χ2n) is 9.72. The SMILES string of the molecule is COc1ccc(F)c(CNc2ccc(S(=O)(=O)Nc3cscn3)c(F)c2F)c1CN1C2CCC1CC2.O=C(O)C(F)(F)F. The summed E-state index contributed by atoms with van der Waals surface area (Å²) in [5.41, 5.74) is 2.08. The highest BCUT2D eigenvalue weighted by molar-refractivity contribution is 7.92. The summed E-state index contributed by atoms with van der Waals surface area (Å²) in [6.45, 7) is 0.366. The van der Waals surface area contributed by atoms with Crippen LogP contribution in [-0.4, -0.2) is 54.7 Å². The summed E-state index contributed by atoms with van der Waals surface area (Å²) in [6.07, 6.45) is -0.611. The van der Waals surface area contributed by atoms with Crippen LogP contribution < -0.4 is 14.8 Å². The van der Waals surface area contributed by atoms with E-state index < -0.39 is 44.5 Å². The number of benzene rings is 2. The highest BCUT2D eigenvalue weighted by Crippen LogP contribution is 2.40. The molecule has 2 aromatic carbocycles. The van der Waals surface area contributed by atoms with E-state index in [-0.39, 0.29) is 18.1 Å². The number of hydrogen-bond donors (Lipinski definition) is 3. The van der Waals surface area contributed by atoms with E-state index >= 15 is 0 Å². The molecule has 1 aromatic heterocycles. The summed E-state index contributed by atoms with van der Waals surface area (Å²) in [5.74, 6) is -5.62. The molecule has 5 rings (SSSR count). The van der Waals surface area contributed by atoms with Gasteiger partial charge in [-0.05, 0) is 49.9 Å². The van der Waals surface area contributed by atoms with Crippen LogP contribution in [0.3, 0.4) is 0 Å². The molecule has 3 heterocycles. The van der Waals surface area contributed by atoms with Crippen molar-refractivity contribution in [3.05, 3.63) is 63.7 Å². The third-order valence-corrected chi connectivity index (χ3v) is 9.16. The van der Waals surface area contributed by atoms with Crippen LogP contribution in [0.4, 0.5) is 37.8 Å². The number of methoxy groups -OCH3 is 1. The van der Waals surface area contributed by atoms with E-state index in [1.165, 1.54) is 24.1 Å². The predicted molar refractivity (Wildman–Crippen MR) is 145 cm³/mol. The predicted octanol–water partition coefficient (Wildman–Crippen LogP) is 5.74. The first kappa shape index (κ1) is 32.3. The first-order valence-corrected chi connectivity index (χ1v) is 15.2. The van der Waals surface area contributed by atoms with E-state index in [1.807, 2.05) is 0 Å². The topological polar surface area (TPSA) is 121 Å². The number of anilines is 2. The fourth-order valence-corrected chi connectivity index (χ4v) is 6.80. The van der Waals surface area contributed by atoms with E-state index in [4.69, 9.17) is 14.6 Å². The monoisotopic (exact) mass is 652 g/mol. The van der Waals surface area contributed by atoms with Crippen molar-refractivity contribution < 1.29 is 49.4 Å². The summed E-state index contributed by atoms with van der Waals surface area (Å²) in [5, 5.41) is 11.3. The van der Waals surface area contributed by atoms with Gasteiger partial charge in [-0.25, -0.2) is 31.4 Å². The Labute approximate surface area is 246 Å². The number of sulfonamides is 1. The Hall–Kier alpha value is -3.57. The maximum atomic E-state index is 15.0. The van der Waals surface area contributed by atoms with Crippen LogP contribution in [0.15, 0.2) is 40.1 Å². The summed E-state index contributed by atoms with van der Waals surface area (Å²) in [4.78, 5) is 14.2. The van der Waals surface area contributed by atoms with Gasteiger partial charge in [0.05, 0.1) is 18.3 Å². The molecular weight excluding hydrogens is 626 g/mol. The Morgan fingerprint density at radius 3 is 2.23 bits per heavy atom. The third kappa shape index (κ3) is 7.33. The van der Waals surface area contributed by atoms with E-state index in [9.17, 15) is 34.8 Å². The molecule has 0 aliphatic carbocycles. The number of aliphatic carboxylic acids is 1. The quantitative estimate of drug-likeness (QED) is 0.251. The molecule has 2 saturated heterocycles. The zero-order valence-electron chi connectivity index (χ0n) is 22.4. The number of nitrogens with one attached hydrogen (secondary N) is 2. The summed E-state index contributed by atoms with van der Waals surface area (Å²) in [7, 11) is -2.88. The molecule has 2 fully saturated rings. The van der Waals surface area contributed by atoms with Crippen molar-refractivity contribution in [2.45, 2.75) is 61.9 Å². The average Bonchev–Trinajstić information content (AvgIpc) is 3.68. The zero-order chi connectivity index (χ0) is 31.5. The second kappa shape index (κ2) is 13.0. The molecule has 9 nitrogen and oxygen atoms in total. The first-order chi connectivity index (χ1) is 20.2. The van der Waals surface area contributed by atoms with Gasteiger partial charge in [0.1, 0.15) is 16.5 Å². The first-order valence-electron chi connectivity index (χ1n) is 12.8. The van der Waals surface area contributed by atoms with Gasteiger partial charge in [0, 0.05) is 41.7 Å². The number of carboxylic acids is 1. The molecule has 0 amide bonds. The number of ether oxygens (including phenoxy) is 1. The Kier molecular flexibility index (Phi) is 9.76. The van der Waals surface area contributed by atoms with E-state index in [2.05, 4.69) is 19.9 Å². The number of rotatable bonds is 9. The van der Waals surface area contributed by atoms with Gasteiger partial charge in [-0.3, -0.25) is 9.62 Å². The van der Waals surface area contributed by atoms with Crippen molar-refractivity contribution in [3.8, 4) is 5.75 Å². The molecule has 3 aromatic rings. The zero-order valence-corrected chi connectivity index (χ0v) is 24.1. The van der Waals surface area contributed by atoms with Crippen molar-refractivity contribution in [2.75, 3.05) is 17.1 Å². The lowest BCUT2D eigenvalue weighted by Gasteiger charge is -2.25. The van der Waals surface area contributed by atoms with Gasteiger partial charge in [-0.1, -0.05) is 0 Å². The van der Waals surface area contributed by atoms with Gasteiger partial charge in [0.2, 0.25) is 0 Å². The molecule has 0 saturated carbocycles. The van der Waals surface area contributed by atoms with Gasteiger partial charge in [-0.15, -0.1) is 11.3 Å². The van der Waals surface area contributed by atoms with Gasteiger partial charge >= 0.3 is 12.1 Å². The van der Waals surface area contributed by atoms with Crippen molar-refractivity contribution >= 4 is 38.8 Å². The van der Waals surface area contributed by atoms with Crippen LogP contribution >= 0.6 is 11.3 Å². The van der Waals surface area contributed by atoms with Crippen molar-refractivity contribution in [1.82, 2.24) is 9.88 Å². The highest BCUT2D eigenvalue weighted by Gasteiger charge is 2.40. The molecule has 2 aliphatic rings. The molecule has 3 N–H and O–H groups in total. The normalized spacial score (nSPS) is 18.2. The van der Waals surface area contributed by atoms with Crippen molar-refractivity contribution in [1.29, 1.82) is 0 Å². The highest BCUT2D eigenvalue weighted by atomic mass is 32.2. The molecule has 234 valence electrons. The fraction of sp³-hybridized carbons (Fsp3) is 0.385. The Bertz CT molecular complexity index is 1550. The number of hydrogen-bond acceptors (Lipinski definition) is 8. The molecule has 0 unspecified atom stereocenters. The molecule has 2 aliphatic heterocycles. The average molecular weight is 653 g/mol. The Balaban J connectivity index is 0.000000541. The van der Waals surface area contributed by atoms with Gasteiger partial charge in [0.15, 0.2) is 17.5 Å². The Morgan fingerprint density at radius 2 is 1.70 bits per heavy atom. The van der Waals surface area contributed by atoms with Crippen molar-refractivity contribution in [2.24, 2.45) is 0 Å². The van der Waals surface area contributed by atoms with Crippen LogP contribution in [0.2, 0.25) is 0 Å². The Morgan fingerprint density at radius 1 is 1.07 bits per heavy atom. The minimum atomic E-state index is -5.08. The fourth-order valence-electron chi connectivity index (χ4n) is 5.17. The van der Waals surface area contributed by atoms with Crippen LogP contribution in [-0.2, 0) is 27.9 Å². The minimum Gasteiger partial charge on any atom is -0.496 e. The number of aromatic nitrogens is 1. The van der Waals surface area contributed by atoms with E-state index in [0.717, 1.165) is 49.2 Å². The van der Waals surface area contributed by atoms with Crippen molar-refractivity contribution in [3.63, 3.8) is 0 Å². The standard InChI is InChI=1S/C24H25F3N4O3S2.C2HF3O2/c1-34-20-8-6-18(25)16(17(20)11-31-14-2-3-15(31)5-4-14)10-28-19-7-9-21(24(27)23(19)26)36(32,33)30-22-12-35-13-29-22;3-2(4,5)1(6)7/h6-9,12-15,28,30H,2-5,10-11H2,1H3;(H,6,7). The second-order valence-corrected chi connectivity index (χ2v) is 12.1. The van der Waals surface area contributed by atoms with Crippen LogP contribution in [0.25, 0.3) is 0 Å². The van der Waals surface area contributed by atoms with Gasteiger partial charge in [0.25, 0.3) is 10.0 Å². The smallest absolute Gasteiger partial charge is 0.490 e. The maximum Gasteiger partial charge on any atom is 0.490 e. The number of halogens is 6. The van der Waals surface area contributed by atoms with Crippen LogP contribution in [0, 0.1) is 17.5 Å². The summed E-state index contributed by atoms with van der Waals surface area (Å²) >= 11 is 1.15. The molecule has 0 radical (unpaired) electrons. The van der Waals surface area contributed by atoms with Gasteiger partial charge < -0.3 is 15.2 Å². The largest absolute Gasteiger partial charge is 0.496 e. The number of fused-ring (bicyclic) bond motifs is 2. The number of thiazole rings is 1.